The van der Waals surface area contributed by atoms with Crippen LogP contribution in [0.15, 0.2) is 48.5 Å². The Hall–Kier alpha value is -2.08. The zero-order valence-corrected chi connectivity index (χ0v) is 17.7. The number of hydrogen-bond donors (Lipinski definition) is 1. The molecule has 0 spiro atoms. The predicted molar refractivity (Wildman–Crippen MR) is 115 cm³/mol. The van der Waals surface area contributed by atoms with E-state index in [2.05, 4.69) is 17.3 Å². The van der Waals surface area contributed by atoms with Gasteiger partial charge in [0.15, 0.2) is 0 Å². The first kappa shape index (κ1) is 21.6. The van der Waals surface area contributed by atoms with Gasteiger partial charge in [0.25, 0.3) is 0 Å². The Kier molecular flexibility index (Phi) is 8.35. The minimum absolute atomic E-state index is 0.0532. The standard InChI is InChI=1S/C23H29ClN2O3/c1-26(20-9-12-28-13-10-20)11-14-29-21-7-4-5-18(15-21)17-25-23(27)16-19-6-2-3-8-22(19)24/h2-8,15,20H,9-14,16-17H2,1H3,(H,25,27). The third-order valence-electron chi connectivity index (χ3n) is 5.22. The highest BCUT2D eigenvalue weighted by atomic mass is 35.5. The maximum atomic E-state index is 12.2. The van der Waals surface area contributed by atoms with Crippen molar-refractivity contribution in [2.45, 2.75) is 31.8 Å². The number of hydrogen-bond acceptors (Lipinski definition) is 4. The van der Waals surface area contributed by atoms with E-state index in [-0.39, 0.29) is 12.3 Å². The third kappa shape index (κ3) is 7.03. The van der Waals surface area contributed by atoms with Crippen molar-refractivity contribution in [1.82, 2.24) is 10.2 Å². The molecule has 3 rings (SSSR count). The van der Waals surface area contributed by atoms with Crippen molar-refractivity contribution in [2.24, 2.45) is 0 Å². The summed E-state index contributed by atoms with van der Waals surface area (Å²) in [5.41, 5.74) is 1.84. The van der Waals surface area contributed by atoms with Gasteiger partial charge >= 0.3 is 0 Å². The fourth-order valence-corrected chi connectivity index (χ4v) is 3.64. The van der Waals surface area contributed by atoms with Crippen LogP contribution in [-0.4, -0.2) is 50.3 Å². The molecule has 29 heavy (non-hydrogen) atoms. The van der Waals surface area contributed by atoms with Gasteiger partial charge in [0.2, 0.25) is 5.91 Å². The third-order valence-corrected chi connectivity index (χ3v) is 5.59. The van der Waals surface area contributed by atoms with Crippen molar-refractivity contribution < 1.29 is 14.3 Å². The summed E-state index contributed by atoms with van der Waals surface area (Å²) in [6.07, 6.45) is 2.44. The second-order valence-electron chi connectivity index (χ2n) is 7.36. The molecule has 1 saturated heterocycles. The molecule has 0 unspecified atom stereocenters. The largest absolute Gasteiger partial charge is 0.492 e. The molecule has 0 aliphatic carbocycles. The Morgan fingerprint density at radius 1 is 1.21 bits per heavy atom. The topological polar surface area (TPSA) is 50.8 Å². The smallest absolute Gasteiger partial charge is 0.224 e. The molecule has 0 saturated carbocycles. The number of nitrogens with zero attached hydrogens (tertiary/aromatic N) is 1. The molecule has 1 heterocycles. The number of rotatable bonds is 9. The molecule has 0 atom stereocenters. The van der Waals surface area contributed by atoms with E-state index < -0.39 is 0 Å². The summed E-state index contributed by atoms with van der Waals surface area (Å²) in [5, 5.41) is 3.56. The molecule has 6 heteroatoms. The monoisotopic (exact) mass is 416 g/mol. The quantitative estimate of drug-likeness (QED) is 0.677. The molecule has 156 valence electrons. The van der Waals surface area contributed by atoms with Gasteiger partial charge in [0.05, 0.1) is 6.42 Å². The maximum Gasteiger partial charge on any atom is 0.224 e. The zero-order valence-electron chi connectivity index (χ0n) is 16.9. The summed E-state index contributed by atoms with van der Waals surface area (Å²) in [4.78, 5) is 14.6. The van der Waals surface area contributed by atoms with Gasteiger partial charge in [0, 0.05) is 37.4 Å². The number of carbonyl (C=O) groups excluding carboxylic acids is 1. The lowest BCUT2D eigenvalue weighted by molar-refractivity contribution is -0.120. The fourth-order valence-electron chi connectivity index (χ4n) is 3.44. The van der Waals surface area contributed by atoms with Crippen molar-refractivity contribution in [3.63, 3.8) is 0 Å². The van der Waals surface area contributed by atoms with Gasteiger partial charge in [-0.2, -0.15) is 0 Å². The molecule has 0 radical (unpaired) electrons. The first-order valence-corrected chi connectivity index (χ1v) is 10.5. The zero-order chi connectivity index (χ0) is 20.5. The van der Waals surface area contributed by atoms with E-state index in [1.165, 1.54) is 0 Å². The van der Waals surface area contributed by atoms with E-state index in [1.54, 1.807) is 6.07 Å². The van der Waals surface area contributed by atoms with Crippen LogP contribution in [0.2, 0.25) is 5.02 Å². The van der Waals surface area contributed by atoms with Crippen LogP contribution in [0.4, 0.5) is 0 Å². The summed E-state index contributed by atoms with van der Waals surface area (Å²) in [6.45, 7) is 3.67. The normalized spacial score (nSPS) is 14.7. The van der Waals surface area contributed by atoms with Crippen molar-refractivity contribution >= 4 is 17.5 Å². The van der Waals surface area contributed by atoms with Gasteiger partial charge in [-0.1, -0.05) is 41.9 Å². The molecular weight excluding hydrogens is 388 g/mol. The summed E-state index contributed by atoms with van der Waals surface area (Å²) in [7, 11) is 2.14. The highest BCUT2D eigenvalue weighted by Gasteiger charge is 2.18. The summed E-state index contributed by atoms with van der Waals surface area (Å²) < 4.78 is 11.3. The van der Waals surface area contributed by atoms with Crippen LogP contribution in [0, 0.1) is 0 Å². The van der Waals surface area contributed by atoms with Gasteiger partial charge in [-0.15, -0.1) is 0 Å². The Morgan fingerprint density at radius 3 is 2.79 bits per heavy atom. The summed E-state index contributed by atoms with van der Waals surface area (Å²) in [6, 6.07) is 15.8. The average Bonchev–Trinajstić information content (AvgIpc) is 2.75. The minimum Gasteiger partial charge on any atom is -0.492 e. The molecular formula is C23H29ClN2O3. The average molecular weight is 417 g/mol. The SMILES string of the molecule is CN(CCOc1cccc(CNC(=O)Cc2ccccc2Cl)c1)C1CCOCC1. The minimum atomic E-state index is -0.0532. The van der Waals surface area contributed by atoms with Crippen molar-refractivity contribution in [2.75, 3.05) is 33.4 Å². The lowest BCUT2D eigenvalue weighted by Crippen LogP contribution is -2.38. The van der Waals surface area contributed by atoms with Gasteiger partial charge in [-0.3, -0.25) is 9.69 Å². The lowest BCUT2D eigenvalue weighted by atomic mass is 10.1. The van der Waals surface area contributed by atoms with Crippen molar-refractivity contribution in [3.8, 4) is 5.75 Å². The predicted octanol–water partition coefficient (Wildman–Crippen LogP) is 3.69. The van der Waals surface area contributed by atoms with Crippen LogP contribution in [-0.2, 0) is 22.5 Å². The Morgan fingerprint density at radius 2 is 2.00 bits per heavy atom. The number of likely N-dealkylation sites (N-methyl/N-ethyl adjacent to an activating group) is 1. The second-order valence-corrected chi connectivity index (χ2v) is 7.77. The molecule has 1 aliphatic rings. The lowest BCUT2D eigenvalue weighted by Gasteiger charge is -2.31. The summed E-state index contributed by atoms with van der Waals surface area (Å²) >= 11 is 6.12. The van der Waals surface area contributed by atoms with Crippen LogP contribution >= 0.6 is 11.6 Å². The van der Waals surface area contributed by atoms with E-state index >= 15 is 0 Å². The number of halogens is 1. The maximum absolute atomic E-state index is 12.2. The molecule has 0 aromatic heterocycles. The van der Waals surface area contributed by atoms with Gasteiger partial charge in [-0.25, -0.2) is 0 Å². The molecule has 0 bridgehead atoms. The highest BCUT2D eigenvalue weighted by Crippen LogP contribution is 2.17. The van der Waals surface area contributed by atoms with E-state index in [1.807, 2.05) is 42.5 Å². The van der Waals surface area contributed by atoms with E-state index in [4.69, 9.17) is 21.1 Å². The Balaban J connectivity index is 1.42. The number of nitrogens with one attached hydrogen (secondary N) is 1. The first-order chi connectivity index (χ1) is 14.1. The number of carbonyl (C=O) groups is 1. The van der Waals surface area contributed by atoms with E-state index in [9.17, 15) is 4.79 Å². The van der Waals surface area contributed by atoms with Crippen LogP contribution in [0.5, 0.6) is 5.75 Å². The molecule has 1 fully saturated rings. The van der Waals surface area contributed by atoms with Crippen LogP contribution in [0.25, 0.3) is 0 Å². The van der Waals surface area contributed by atoms with Crippen molar-refractivity contribution in [1.29, 1.82) is 0 Å². The summed E-state index contributed by atoms with van der Waals surface area (Å²) in [5.74, 6) is 0.769. The fraction of sp³-hybridized carbons (Fsp3) is 0.435. The first-order valence-electron chi connectivity index (χ1n) is 10.1. The van der Waals surface area contributed by atoms with Crippen LogP contribution in [0.3, 0.4) is 0 Å². The molecule has 5 nitrogen and oxygen atoms in total. The van der Waals surface area contributed by atoms with Gasteiger partial charge in [0.1, 0.15) is 12.4 Å². The van der Waals surface area contributed by atoms with Crippen LogP contribution < -0.4 is 10.1 Å². The molecule has 1 N–H and O–H groups in total. The van der Waals surface area contributed by atoms with Gasteiger partial charge < -0.3 is 14.8 Å². The second kappa shape index (κ2) is 11.2. The van der Waals surface area contributed by atoms with Crippen molar-refractivity contribution in [3.05, 3.63) is 64.7 Å². The van der Waals surface area contributed by atoms with E-state index in [0.29, 0.717) is 24.2 Å². The Labute approximate surface area is 177 Å². The van der Waals surface area contributed by atoms with Crippen LogP contribution in [0.1, 0.15) is 24.0 Å². The molecule has 2 aromatic carbocycles. The number of benzene rings is 2. The van der Waals surface area contributed by atoms with E-state index in [0.717, 1.165) is 49.5 Å². The molecule has 2 aromatic rings. The number of ether oxygens (including phenoxy) is 2. The highest BCUT2D eigenvalue weighted by molar-refractivity contribution is 6.31. The Bertz CT molecular complexity index is 793. The molecule has 1 amide bonds. The van der Waals surface area contributed by atoms with Gasteiger partial charge in [-0.05, 0) is 49.2 Å². The number of amides is 1. The molecule has 1 aliphatic heterocycles.